The van der Waals surface area contributed by atoms with Crippen molar-refractivity contribution in [3.8, 4) is 0 Å². The lowest BCUT2D eigenvalue weighted by Gasteiger charge is -2.32. The summed E-state index contributed by atoms with van der Waals surface area (Å²) < 4.78 is 10.7. The second-order valence-corrected chi connectivity index (χ2v) is 5.86. The fraction of sp³-hybridized carbons (Fsp3) is 0.389. The molecule has 2 aromatic rings. The van der Waals surface area contributed by atoms with Crippen LogP contribution in [-0.2, 0) is 16.0 Å². The predicted octanol–water partition coefficient (Wildman–Crippen LogP) is 1.18. The number of morpholine rings is 1. The van der Waals surface area contributed by atoms with E-state index in [4.69, 9.17) is 9.15 Å². The molecular weight excluding hydrogens is 322 g/mol. The maximum Gasteiger partial charge on any atom is 0.257 e. The Bertz CT molecular complexity index is 729. The highest BCUT2D eigenvalue weighted by atomic mass is 16.5. The van der Waals surface area contributed by atoms with Crippen molar-refractivity contribution in [1.82, 2.24) is 15.2 Å². The van der Waals surface area contributed by atoms with Crippen LogP contribution in [0.4, 0.5) is 0 Å². The van der Waals surface area contributed by atoms with Crippen molar-refractivity contribution in [3.63, 3.8) is 0 Å². The first-order valence-corrected chi connectivity index (χ1v) is 8.28. The van der Waals surface area contributed by atoms with Crippen molar-refractivity contribution in [1.29, 1.82) is 0 Å². The van der Waals surface area contributed by atoms with Crippen molar-refractivity contribution in [2.75, 3.05) is 26.2 Å². The minimum atomic E-state index is -0.659. The van der Waals surface area contributed by atoms with Crippen LogP contribution in [0.25, 0.3) is 0 Å². The number of aromatic nitrogens is 1. The van der Waals surface area contributed by atoms with Gasteiger partial charge in [0.2, 0.25) is 0 Å². The molecule has 0 aliphatic carbocycles. The van der Waals surface area contributed by atoms with Gasteiger partial charge in [-0.25, -0.2) is 0 Å². The third-order valence-corrected chi connectivity index (χ3v) is 4.14. The molecule has 1 N–H and O–H groups in total. The van der Waals surface area contributed by atoms with E-state index in [-0.39, 0.29) is 18.4 Å². The highest BCUT2D eigenvalue weighted by molar-refractivity contribution is 5.95. The molecule has 0 bridgehead atoms. The summed E-state index contributed by atoms with van der Waals surface area (Å²) in [4.78, 5) is 30.7. The third kappa shape index (κ3) is 4.24. The van der Waals surface area contributed by atoms with E-state index < -0.39 is 6.10 Å². The molecule has 1 aliphatic rings. The second-order valence-electron chi connectivity index (χ2n) is 5.86. The smallest absolute Gasteiger partial charge is 0.257 e. The molecule has 25 heavy (non-hydrogen) atoms. The number of furan rings is 1. The number of pyridine rings is 1. The average Bonchev–Trinajstić information content (AvgIpc) is 3.08. The molecule has 1 aliphatic heterocycles. The van der Waals surface area contributed by atoms with E-state index in [1.165, 1.54) is 6.26 Å². The molecule has 3 rings (SSSR count). The second kappa shape index (κ2) is 7.94. The average molecular weight is 343 g/mol. The van der Waals surface area contributed by atoms with Gasteiger partial charge >= 0.3 is 0 Å². The molecule has 132 valence electrons. The van der Waals surface area contributed by atoms with E-state index in [1.54, 1.807) is 24.1 Å². The highest BCUT2D eigenvalue weighted by Gasteiger charge is 2.30. The SMILES string of the molecule is Cc1occc1C(=O)N1CCO[C@H](C(=O)NCCc2ccccn2)C1. The molecule has 2 amide bonds. The van der Waals surface area contributed by atoms with Gasteiger partial charge in [-0.2, -0.15) is 0 Å². The lowest BCUT2D eigenvalue weighted by atomic mass is 10.2. The van der Waals surface area contributed by atoms with Gasteiger partial charge in [-0.3, -0.25) is 14.6 Å². The van der Waals surface area contributed by atoms with Crippen molar-refractivity contribution < 1.29 is 18.7 Å². The maximum absolute atomic E-state index is 12.5. The van der Waals surface area contributed by atoms with Crippen molar-refractivity contribution in [2.45, 2.75) is 19.4 Å². The first-order chi connectivity index (χ1) is 12.1. The quantitative estimate of drug-likeness (QED) is 0.881. The third-order valence-electron chi connectivity index (χ3n) is 4.14. The van der Waals surface area contributed by atoms with Gasteiger partial charge in [-0.15, -0.1) is 0 Å². The number of hydrogen-bond acceptors (Lipinski definition) is 5. The molecule has 0 spiro atoms. The number of nitrogens with one attached hydrogen (secondary N) is 1. The fourth-order valence-electron chi connectivity index (χ4n) is 2.74. The molecule has 2 aromatic heterocycles. The Kier molecular flexibility index (Phi) is 5.45. The molecule has 0 unspecified atom stereocenters. The van der Waals surface area contributed by atoms with E-state index in [0.717, 1.165) is 5.69 Å². The zero-order chi connectivity index (χ0) is 17.6. The van der Waals surface area contributed by atoms with Crippen LogP contribution in [0.2, 0.25) is 0 Å². The van der Waals surface area contributed by atoms with Crippen molar-refractivity contribution >= 4 is 11.8 Å². The number of rotatable bonds is 5. The van der Waals surface area contributed by atoms with E-state index in [0.29, 0.717) is 37.4 Å². The summed E-state index contributed by atoms with van der Waals surface area (Å²) in [5.74, 6) is 0.228. The van der Waals surface area contributed by atoms with Gasteiger partial charge in [0, 0.05) is 31.4 Å². The first-order valence-electron chi connectivity index (χ1n) is 8.28. The maximum atomic E-state index is 12.5. The summed E-state index contributed by atoms with van der Waals surface area (Å²) in [6.45, 7) is 3.25. The number of hydrogen-bond donors (Lipinski definition) is 1. The van der Waals surface area contributed by atoms with Crippen LogP contribution >= 0.6 is 0 Å². The van der Waals surface area contributed by atoms with E-state index in [2.05, 4.69) is 10.3 Å². The van der Waals surface area contributed by atoms with Gasteiger partial charge in [0.15, 0.2) is 6.10 Å². The Hall–Kier alpha value is -2.67. The molecule has 0 aromatic carbocycles. The normalized spacial score (nSPS) is 17.3. The lowest BCUT2D eigenvalue weighted by molar-refractivity contribution is -0.137. The van der Waals surface area contributed by atoms with Gasteiger partial charge in [0.05, 0.1) is 25.0 Å². The van der Waals surface area contributed by atoms with Gasteiger partial charge in [0.1, 0.15) is 5.76 Å². The summed E-state index contributed by atoms with van der Waals surface area (Å²) >= 11 is 0. The number of amides is 2. The fourth-order valence-corrected chi connectivity index (χ4v) is 2.74. The number of carbonyl (C=O) groups excluding carboxylic acids is 2. The van der Waals surface area contributed by atoms with Crippen LogP contribution in [-0.4, -0.2) is 54.0 Å². The van der Waals surface area contributed by atoms with Crippen LogP contribution in [0.1, 0.15) is 21.8 Å². The Morgan fingerprint density at radius 2 is 2.24 bits per heavy atom. The van der Waals surface area contributed by atoms with Crippen molar-refractivity contribution in [3.05, 3.63) is 53.7 Å². The lowest BCUT2D eigenvalue weighted by Crippen LogP contribution is -2.51. The molecule has 1 fully saturated rings. The van der Waals surface area contributed by atoms with Crippen LogP contribution in [0.5, 0.6) is 0 Å². The van der Waals surface area contributed by atoms with E-state index in [9.17, 15) is 9.59 Å². The zero-order valence-electron chi connectivity index (χ0n) is 14.1. The number of carbonyl (C=O) groups is 2. The monoisotopic (exact) mass is 343 g/mol. The van der Waals surface area contributed by atoms with Crippen LogP contribution in [0, 0.1) is 6.92 Å². The Morgan fingerprint density at radius 1 is 1.36 bits per heavy atom. The predicted molar refractivity (Wildman–Crippen MR) is 90.0 cm³/mol. The minimum Gasteiger partial charge on any atom is -0.469 e. The van der Waals surface area contributed by atoms with Gasteiger partial charge in [-0.1, -0.05) is 6.07 Å². The Labute approximate surface area is 146 Å². The number of ether oxygens (including phenoxy) is 1. The van der Waals surface area contributed by atoms with Crippen LogP contribution in [0.3, 0.4) is 0 Å². The Morgan fingerprint density at radius 3 is 2.96 bits per heavy atom. The van der Waals surface area contributed by atoms with E-state index in [1.807, 2.05) is 18.2 Å². The molecule has 7 heteroatoms. The standard InChI is InChI=1S/C18H21N3O4/c1-13-15(6-10-24-13)18(23)21-9-11-25-16(12-21)17(22)20-8-5-14-4-2-3-7-19-14/h2-4,6-7,10,16H,5,8-9,11-12H2,1H3,(H,20,22)/t16-/m0/s1. The minimum absolute atomic E-state index is 0.138. The molecule has 3 heterocycles. The first kappa shape index (κ1) is 17.2. The molecule has 1 atom stereocenters. The highest BCUT2D eigenvalue weighted by Crippen LogP contribution is 2.15. The number of aryl methyl sites for hydroxylation is 1. The zero-order valence-corrected chi connectivity index (χ0v) is 14.1. The van der Waals surface area contributed by atoms with Crippen LogP contribution < -0.4 is 5.32 Å². The van der Waals surface area contributed by atoms with Gasteiger partial charge in [0.25, 0.3) is 11.8 Å². The molecule has 1 saturated heterocycles. The van der Waals surface area contributed by atoms with Gasteiger partial charge in [-0.05, 0) is 25.1 Å². The molecular formula is C18H21N3O4. The van der Waals surface area contributed by atoms with Crippen LogP contribution in [0.15, 0.2) is 41.1 Å². The Balaban J connectivity index is 1.51. The number of nitrogens with zero attached hydrogens (tertiary/aromatic N) is 2. The molecule has 7 nitrogen and oxygen atoms in total. The topological polar surface area (TPSA) is 84.7 Å². The van der Waals surface area contributed by atoms with E-state index >= 15 is 0 Å². The molecule has 0 radical (unpaired) electrons. The largest absolute Gasteiger partial charge is 0.469 e. The summed E-state index contributed by atoms with van der Waals surface area (Å²) in [6, 6.07) is 7.33. The summed E-state index contributed by atoms with van der Waals surface area (Å²) in [5, 5.41) is 2.85. The summed E-state index contributed by atoms with van der Waals surface area (Å²) in [5.41, 5.74) is 1.44. The van der Waals surface area contributed by atoms with Crippen molar-refractivity contribution in [2.24, 2.45) is 0 Å². The summed E-state index contributed by atoms with van der Waals surface area (Å²) in [7, 11) is 0. The summed E-state index contributed by atoms with van der Waals surface area (Å²) in [6.07, 6.45) is 3.21. The van der Waals surface area contributed by atoms with Gasteiger partial charge < -0.3 is 19.4 Å². The molecule has 0 saturated carbocycles.